The maximum Gasteiger partial charge on any atom is 0.334 e. The van der Waals surface area contributed by atoms with Crippen LogP contribution in [0.1, 0.15) is 67.2 Å². The molecule has 0 spiro atoms. The molecule has 0 unspecified atom stereocenters. The first-order valence-electron chi connectivity index (χ1n) is 8.33. The van der Waals surface area contributed by atoms with Crippen LogP contribution in [0, 0.1) is 11.8 Å². The number of unbranched alkanes of at least 4 members (excludes halogenated alkanes) is 2. The van der Waals surface area contributed by atoms with Crippen LogP contribution < -0.4 is 0 Å². The highest BCUT2D eigenvalue weighted by molar-refractivity contribution is 5.99. The third-order valence-electron chi connectivity index (χ3n) is 3.13. The molecular formula is C18H32O4. The zero-order chi connectivity index (χ0) is 17.1. The van der Waals surface area contributed by atoms with E-state index in [0.29, 0.717) is 30.8 Å². The molecule has 0 aromatic carbocycles. The average Bonchev–Trinajstić information content (AvgIpc) is 2.46. The molecule has 0 N–H and O–H groups in total. The standard InChI is InChI=1S/C18H32O4/c1-7-8-9-10-16(18(20)22-12-14(4)5)15(6)17(19)21-11-13(2)3/h13-14H,7-12H2,1-6H3/b16-15-. The van der Waals surface area contributed by atoms with Crippen molar-refractivity contribution in [2.24, 2.45) is 11.8 Å². The first-order valence-corrected chi connectivity index (χ1v) is 8.33. The van der Waals surface area contributed by atoms with Gasteiger partial charge in [0.1, 0.15) is 0 Å². The molecule has 0 rings (SSSR count). The molecule has 0 saturated carbocycles. The lowest BCUT2D eigenvalue weighted by Gasteiger charge is -2.14. The Hall–Kier alpha value is -1.32. The fourth-order valence-electron chi connectivity index (χ4n) is 1.80. The van der Waals surface area contributed by atoms with Crippen LogP contribution in [-0.2, 0) is 19.1 Å². The smallest absolute Gasteiger partial charge is 0.334 e. The highest BCUT2D eigenvalue weighted by Gasteiger charge is 2.20. The summed E-state index contributed by atoms with van der Waals surface area (Å²) in [5, 5.41) is 0. The highest BCUT2D eigenvalue weighted by Crippen LogP contribution is 2.17. The van der Waals surface area contributed by atoms with E-state index in [1.807, 2.05) is 27.7 Å². The lowest BCUT2D eigenvalue weighted by atomic mass is 10.0. The van der Waals surface area contributed by atoms with Crippen LogP contribution in [0.25, 0.3) is 0 Å². The second kappa shape index (κ2) is 11.3. The van der Waals surface area contributed by atoms with Crippen molar-refractivity contribution < 1.29 is 19.1 Å². The molecule has 4 heteroatoms. The van der Waals surface area contributed by atoms with Gasteiger partial charge < -0.3 is 9.47 Å². The van der Waals surface area contributed by atoms with Gasteiger partial charge in [0.2, 0.25) is 0 Å². The highest BCUT2D eigenvalue weighted by atomic mass is 16.5. The van der Waals surface area contributed by atoms with Gasteiger partial charge in [-0.25, -0.2) is 9.59 Å². The molecule has 0 aliphatic heterocycles. The molecule has 0 saturated heterocycles. The molecule has 4 nitrogen and oxygen atoms in total. The molecule has 0 aliphatic rings. The largest absolute Gasteiger partial charge is 0.462 e. The summed E-state index contributed by atoms with van der Waals surface area (Å²) in [7, 11) is 0. The number of esters is 2. The topological polar surface area (TPSA) is 52.6 Å². The molecule has 0 fully saturated rings. The molecular weight excluding hydrogens is 280 g/mol. The fourth-order valence-corrected chi connectivity index (χ4v) is 1.80. The summed E-state index contributed by atoms with van der Waals surface area (Å²) in [6.07, 6.45) is 3.52. The van der Waals surface area contributed by atoms with E-state index in [4.69, 9.17) is 9.47 Å². The van der Waals surface area contributed by atoms with Gasteiger partial charge in [0.25, 0.3) is 0 Å². The molecule has 128 valence electrons. The second-order valence-corrected chi connectivity index (χ2v) is 6.55. The first-order chi connectivity index (χ1) is 10.3. The second-order valence-electron chi connectivity index (χ2n) is 6.55. The number of carbonyl (C=O) groups excluding carboxylic acids is 2. The molecule has 22 heavy (non-hydrogen) atoms. The number of hydrogen-bond donors (Lipinski definition) is 0. The van der Waals surface area contributed by atoms with Crippen LogP contribution in [0.4, 0.5) is 0 Å². The fraction of sp³-hybridized carbons (Fsp3) is 0.778. The van der Waals surface area contributed by atoms with Gasteiger partial charge in [-0.2, -0.15) is 0 Å². The van der Waals surface area contributed by atoms with Gasteiger partial charge in [0.15, 0.2) is 0 Å². The summed E-state index contributed by atoms with van der Waals surface area (Å²) in [6, 6.07) is 0. The van der Waals surface area contributed by atoms with Crippen molar-refractivity contribution in [3.63, 3.8) is 0 Å². The molecule has 0 atom stereocenters. The molecule has 0 aromatic heterocycles. The minimum Gasteiger partial charge on any atom is -0.462 e. The Kier molecular flexibility index (Phi) is 10.6. The van der Waals surface area contributed by atoms with Gasteiger partial charge in [-0.05, 0) is 31.6 Å². The predicted octanol–water partition coefficient (Wildman–Crippen LogP) is 4.28. The Morgan fingerprint density at radius 3 is 1.82 bits per heavy atom. The molecule has 0 aromatic rings. The maximum absolute atomic E-state index is 12.2. The van der Waals surface area contributed by atoms with Gasteiger partial charge in [0, 0.05) is 11.1 Å². The van der Waals surface area contributed by atoms with Crippen LogP contribution >= 0.6 is 0 Å². The minimum absolute atomic E-state index is 0.271. The lowest BCUT2D eigenvalue weighted by molar-refractivity contribution is -0.143. The Labute approximate surface area is 135 Å². The lowest BCUT2D eigenvalue weighted by Crippen LogP contribution is -2.18. The van der Waals surface area contributed by atoms with E-state index in [0.717, 1.165) is 19.3 Å². The van der Waals surface area contributed by atoms with Crippen LogP contribution in [0.15, 0.2) is 11.1 Å². The van der Waals surface area contributed by atoms with Crippen molar-refractivity contribution >= 4 is 11.9 Å². The molecule has 0 amide bonds. The van der Waals surface area contributed by atoms with E-state index in [1.165, 1.54) is 0 Å². The van der Waals surface area contributed by atoms with Crippen LogP contribution in [0.2, 0.25) is 0 Å². The van der Waals surface area contributed by atoms with Crippen molar-refractivity contribution in [2.45, 2.75) is 67.2 Å². The van der Waals surface area contributed by atoms with Crippen LogP contribution in [0.3, 0.4) is 0 Å². The molecule has 0 bridgehead atoms. The summed E-state index contributed by atoms with van der Waals surface area (Å²) < 4.78 is 10.5. The van der Waals surface area contributed by atoms with E-state index in [2.05, 4.69) is 6.92 Å². The Balaban J connectivity index is 4.95. The van der Waals surface area contributed by atoms with Gasteiger partial charge in [-0.1, -0.05) is 47.5 Å². The maximum atomic E-state index is 12.2. The summed E-state index contributed by atoms with van der Waals surface area (Å²) in [5.41, 5.74) is 0.841. The Bertz CT molecular complexity index is 381. The monoisotopic (exact) mass is 312 g/mol. The normalized spacial score (nSPS) is 12.4. The first kappa shape index (κ1) is 20.7. The van der Waals surface area contributed by atoms with Gasteiger partial charge in [-0.15, -0.1) is 0 Å². The third kappa shape index (κ3) is 8.85. The Morgan fingerprint density at radius 2 is 1.36 bits per heavy atom. The van der Waals surface area contributed by atoms with E-state index in [9.17, 15) is 9.59 Å². The van der Waals surface area contributed by atoms with Crippen molar-refractivity contribution in [2.75, 3.05) is 13.2 Å². The van der Waals surface area contributed by atoms with Crippen LogP contribution in [0.5, 0.6) is 0 Å². The average molecular weight is 312 g/mol. The van der Waals surface area contributed by atoms with E-state index in [-0.39, 0.29) is 17.8 Å². The number of rotatable bonds is 10. The van der Waals surface area contributed by atoms with Gasteiger partial charge in [0.05, 0.1) is 13.2 Å². The van der Waals surface area contributed by atoms with Crippen LogP contribution in [-0.4, -0.2) is 25.2 Å². The minimum atomic E-state index is -0.415. The summed E-state index contributed by atoms with van der Waals surface area (Å²) >= 11 is 0. The van der Waals surface area contributed by atoms with E-state index >= 15 is 0 Å². The third-order valence-corrected chi connectivity index (χ3v) is 3.13. The summed E-state index contributed by atoms with van der Waals surface area (Å²) in [6.45, 7) is 12.4. The van der Waals surface area contributed by atoms with Crippen molar-refractivity contribution in [1.29, 1.82) is 0 Å². The zero-order valence-corrected chi connectivity index (χ0v) is 15.0. The molecule has 0 aliphatic carbocycles. The van der Waals surface area contributed by atoms with Crippen molar-refractivity contribution in [3.8, 4) is 0 Å². The zero-order valence-electron chi connectivity index (χ0n) is 15.0. The summed E-state index contributed by atoms with van der Waals surface area (Å²) in [5.74, 6) is -0.257. The van der Waals surface area contributed by atoms with Crippen molar-refractivity contribution in [3.05, 3.63) is 11.1 Å². The quantitative estimate of drug-likeness (QED) is 0.343. The number of carbonyl (C=O) groups is 2. The number of hydrogen-bond acceptors (Lipinski definition) is 4. The number of ether oxygens (including phenoxy) is 2. The Morgan fingerprint density at radius 1 is 0.864 bits per heavy atom. The predicted molar refractivity (Wildman–Crippen MR) is 88.4 cm³/mol. The van der Waals surface area contributed by atoms with Gasteiger partial charge >= 0.3 is 11.9 Å². The van der Waals surface area contributed by atoms with E-state index < -0.39 is 5.97 Å². The molecule has 0 heterocycles. The SMILES string of the molecule is CCCCC/C(C(=O)OCC(C)C)=C(\C)C(=O)OCC(C)C. The molecule has 0 radical (unpaired) electrons. The summed E-state index contributed by atoms with van der Waals surface area (Å²) in [4.78, 5) is 24.3. The van der Waals surface area contributed by atoms with E-state index in [1.54, 1.807) is 6.92 Å². The van der Waals surface area contributed by atoms with Gasteiger partial charge in [-0.3, -0.25) is 0 Å². The van der Waals surface area contributed by atoms with Crippen molar-refractivity contribution in [1.82, 2.24) is 0 Å².